The highest BCUT2D eigenvalue weighted by Gasteiger charge is 2.28. The summed E-state index contributed by atoms with van der Waals surface area (Å²) < 4.78 is 37.1. The van der Waals surface area contributed by atoms with Gasteiger partial charge in [0.1, 0.15) is 10.6 Å². The zero-order valence-electron chi connectivity index (χ0n) is 22.3. The van der Waals surface area contributed by atoms with Gasteiger partial charge in [-0.3, -0.25) is 19.0 Å². The Morgan fingerprint density at radius 3 is 2.40 bits per heavy atom. The Bertz CT molecular complexity index is 1600. The number of ether oxygens (including phenoxy) is 1. The summed E-state index contributed by atoms with van der Waals surface area (Å²) in [6.07, 6.45) is 5.01. The fourth-order valence-electron chi connectivity index (χ4n) is 4.74. The van der Waals surface area contributed by atoms with E-state index in [9.17, 15) is 22.8 Å². The van der Waals surface area contributed by atoms with E-state index in [1.807, 2.05) is 0 Å². The lowest BCUT2D eigenvalue weighted by Crippen LogP contribution is -2.40. The molecular formula is C27H30Cl2N4O6S. The number of aromatic nitrogens is 2. The van der Waals surface area contributed by atoms with Gasteiger partial charge < -0.3 is 9.64 Å². The first-order valence-electron chi connectivity index (χ1n) is 12.7. The number of amides is 1. The van der Waals surface area contributed by atoms with Crippen LogP contribution in [0.25, 0.3) is 5.69 Å². The summed E-state index contributed by atoms with van der Waals surface area (Å²) in [6.45, 7) is 1.08. The first-order chi connectivity index (χ1) is 18.9. The molecule has 1 aliphatic carbocycles. The fourth-order valence-corrected chi connectivity index (χ4v) is 6.67. The van der Waals surface area contributed by atoms with Gasteiger partial charge in [0.15, 0.2) is 6.61 Å². The van der Waals surface area contributed by atoms with Crippen LogP contribution in [0, 0.1) is 6.92 Å². The van der Waals surface area contributed by atoms with Gasteiger partial charge in [-0.15, -0.1) is 0 Å². The predicted molar refractivity (Wildman–Crippen MR) is 153 cm³/mol. The largest absolute Gasteiger partial charge is 0.452 e. The maximum Gasteiger partial charge on any atom is 0.338 e. The lowest BCUT2D eigenvalue weighted by molar-refractivity contribution is -0.135. The molecule has 1 fully saturated rings. The normalized spacial score (nSPS) is 14.1. The number of hydrogen-bond acceptors (Lipinski definition) is 6. The predicted octanol–water partition coefficient (Wildman–Crippen LogP) is 4.54. The number of likely N-dealkylation sites (N-methyl/N-ethyl adjacent to an activating group) is 1. The van der Waals surface area contributed by atoms with Gasteiger partial charge >= 0.3 is 5.97 Å². The third-order valence-corrected chi connectivity index (χ3v) is 9.44. The summed E-state index contributed by atoms with van der Waals surface area (Å²) in [5.41, 5.74) is -0.126. The Balaban J connectivity index is 1.57. The van der Waals surface area contributed by atoms with Crippen LogP contribution in [0.4, 0.5) is 5.69 Å². The monoisotopic (exact) mass is 608 g/mol. The summed E-state index contributed by atoms with van der Waals surface area (Å²) in [5, 5.41) is -0.551. The average molecular weight is 610 g/mol. The van der Waals surface area contributed by atoms with Gasteiger partial charge in [0, 0.05) is 20.1 Å². The minimum atomic E-state index is -4.49. The van der Waals surface area contributed by atoms with E-state index >= 15 is 0 Å². The van der Waals surface area contributed by atoms with Crippen LogP contribution in [0.2, 0.25) is 10.0 Å². The van der Waals surface area contributed by atoms with Gasteiger partial charge in [-0.05, 0) is 44.0 Å². The van der Waals surface area contributed by atoms with Crippen molar-refractivity contribution < 1.29 is 22.7 Å². The Morgan fingerprint density at radius 2 is 1.75 bits per heavy atom. The standard InChI is InChI=1S/C27H30Cl2N4O6S/c1-17-25(26(35)33(32(17)3)20-12-8-5-9-13-20)30-40(37,38)22-15-18(14-21(28)24(22)29)27(36)39-16-23(34)31(2)19-10-6-4-7-11-19/h5,8-9,12-15,19,30H,4,6-7,10-11,16H2,1-3H3. The number of rotatable bonds is 8. The van der Waals surface area contributed by atoms with Gasteiger partial charge in [0.2, 0.25) is 0 Å². The summed E-state index contributed by atoms with van der Waals surface area (Å²) in [6, 6.07) is 11.0. The van der Waals surface area contributed by atoms with Crippen LogP contribution < -0.4 is 10.3 Å². The molecule has 1 aliphatic rings. The van der Waals surface area contributed by atoms with Crippen LogP contribution in [0.15, 0.2) is 52.2 Å². The van der Waals surface area contributed by atoms with E-state index < -0.39 is 33.1 Å². The van der Waals surface area contributed by atoms with Crippen molar-refractivity contribution in [3.05, 3.63) is 74.1 Å². The number of anilines is 1. The van der Waals surface area contributed by atoms with Gasteiger partial charge in [-0.2, -0.15) is 0 Å². The molecule has 4 rings (SSSR count). The quantitative estimate of drug-likeness (QED) is 0.375. The lowest BCUT2D eigenvalue weighted by atomic mass is 9.94. The van der Waals surface area contributed by atoms with Crippen LogP contribution in [0.3, 0.4) is 0 Å². The van der Waals surface area contributed by atoms with E-state index in [2.05, 4.69) is 4.72 Å². The second-order valence-electron chi connectivity index (χ2n) is 9.68. The van der Waals surface area contributed by atoms with Crippen molar-refractivity contribution in [1.29, 1.82) is 0 Å². The molecule has 0 unspecified atom stereocenters. The molecule has 13 heteroatoms. The number of halogens is 2. The number of benzene rings is 2. The maximum absolute atomic E-state index is 13.4. The number of nitrogens with zero attached hydrogens (tertiary/aromatic N) is 3. The highest BCUT2D eigenvalue weighted by molar-refractivity contribution is 7.92. The molecule has 0 aliphatic heterocycles. The second kappa shape index (κ2) is 12.1. The molecule has 1 amide bonds. The Kier molecular flexibility index (Phi) is 8.96. The van der Waals surface area contributed by atoms with Gasteiger partial charge in [-0.25, -0.2) is 17.9 Å². The SMILES string of the molecule is Cc1c(NS(=O)(=O)c2cc(C(=O)OCC(=O)N(C)C3CCCCC3)cc(Cl)c2Cl)c(=O)n(-c2ccccc2)n1C. The summed E-state index contributed by atoms with van der Waals surface area (Å²) in [4.78, 5) is 39.7. The van der Waals surface area contributed by atoms with Crippen LogP contribution in [-0.2, 0) is 26.6 Å². The average Bonchev–Trinajstić information content (AvgIpc) is 3.15. The molecule has 0 spiro atoms. The number of sulfonamides is 1. The van der Waals surface area contributed by atoms with Crippen molar-refractivity contribution in [2.45, 2.75) is 50.0 Å². The highest BCUT2D eigenvalue weighted by atomic mass is 35.5. The second-order valence-corrected chi connectivity index (χ2v) is 12.1. The van der Waals surface area contributed by atoms with Gasteiger partial charge in [-0.1, -0.05) is 60.7 Å². The first-order valence-corrected chi connectivity index (χ1v) is 14.9. The number of esters is 1. The lowest BCUT2D eigenvalue weighted by Gasteiger charge is -2.31. The third-order valence-electron chi connectivity index (χ3n) is 7.15. The summed E-state index contributed by atoms with van der Waals surface area (Å²) in [7, 11) is -1.19. The smallest absolute Gasteiger partial charge is 0.338 e. The van der Waals surface area contributed by atoms with Crippen LogP contribution in [0.5, 0.6) is 0 Å². The molecule has 10 nitrogen and oxygen atoms in total. The number of hydrogen-bond donors (Lipinski definition) is 1. The molecule has 1 heterocycles. The molecule has 40 heavy (non-hydrogen) atoms. The summed E-state index contributed by atoms with van der Waals surface area (Å²) in [5.74, 6) is -1.30. The van der Waals surface area contributed by atoms with E-state index in [1.165, 1.54) is 9.36 Å². The van der Waals surface area contributed by atoms with E-state index in [4.69, 9.17) is 27.9 Å². The Hall–Kier alpha value is -3.28. The molecule has 0 radical (unpaired) electrons. The van der Waals surface area contributed by atoms with E-state index in [0.717, 1.165) is 44.2 Å². The van der Waals surface area contributed by atoms with Crippen molar-refractivity contribution in [2.24, 2.45) is 7.05 Å². The molecule has 214 valence electrons. The number of carbonyl (C=O) groups is 2. The molecule has 1 aromatic heterocycles. The summed E-state index contributed by atoms with van der Waals surface area (Å²) >= 11 is 12.4. The van der Waals surface area contributed by atoms with Crippen molar-refractivity contribution in [3.8, 4) is 5.69 Å². The molecule has 1 N–H and O–H groups in total. The van der Waals surface area contributed by atoms with Crippen molar-refractivity contribution in [1.82, 2.24) is 14.3 Å². The van der Waals surface area contributed by atoms with Gasteiger partial charge in [0.25, 0.3) is 21.5 Å². The van der Waals surface area contributed by atoms with Gasteiger partial charge in [0.05, 0.1) is 27.0 Å². The van der Waals surface area contributed by atoms with E-state index in [1.54, 1.807) is 56.3 Å². The molecule has 3 aromatic rings. The van der Waals surface area contributed by atoms with Crippen LogP contribution in [-0.4, -0.2) is 54.3 Å². The molecule has 0 saturated heterocycles. The minimum absolute atomic E-state index is 0.0978. The minimum Gasteiger partial charge on any atom is -0.452 e. The van der Waals surface area contributed by atoms with Crippen molar-refractivity contribution >= 4 is 50.8 Å². The molecule has 2 aromatic carbocycles. The third kappa shape index (κ3) is 6.06. The zero-order valence-corrected chi connectivity index (χ0v) is 24.6. The molecule has 0 bridgehead atoms. The first kappa shape index (κ1) is 29.7. The fraction of sp³-hybridized carbons (Fsp3) is 0.370. The molecular weight excluding hydrogens is 579 g/mol. The van der Waals surface area contributed by atoms with E-state index in [-0.39, 0.29) is 33.2 Å². The number of nitrogens with one attached hydrogen (secondary N) is 1. The molecule has 0 atom stereocenters. The van der Waals surface area contributed by atoms with E-state index in [0.29, 0.717) is 11.4 Å². The Morgan fingerprint density at radius 1 is 1.10 bits per heavy atom. The zero-order chi connectivity index (χ0) is 29.2. The maximum atomic E-state index is 13.4. The van der Waals surface area contributed by atoms with Crippen molar-refractivity contribution in [3.63, 3.8) is 0 Å². The Labute approximate surface area is 242 Å². The topological polar surface area (TPSA) is 120 Å². The number of carbonyl (C=O) groups excluding carboxylic acids is 2. The number of para-hydroxylation sites is 1. The highest BCUT2D eigenvalue weighted by Crippen LogP contribution is 2.32. The van der Waals surface area contributed by atoms with Crippen molar-refractivity contribution in [2.75, 3.05) is 18.4 Å². The van der Waals surface area contributed by atoms with Crippen LogP contribution in [0.1, 0.15) is 48.2 Å². The van der Waals surface area contributed by atoms with Crippen LogP contribution >= 0.6 is 23.2 Å². The molecule has 1 saturated carbocycles.